The summed E-state index contributed by atoms with van der Waals surface area (Å²) in [6, 6.07) is 6.65. The lowest BCUT2D eigenvalue weighted by Gasteiger charge is -2.46. The summed E-state index contributed by atoms with van der Waals surface area (Å²) >= 11 is 0. The Morgan fingerprint density at radius 3 is 2.26 bits per heavy atom. The second kappa shape index (κ2) is 13.2. The predicted octanol–water partition coefficient (Wildman–Crippen LogP) is 6.09. The predicted molar refractivity (Wildman–Crippen MR) is 163 cm³/mol. The van der Waals surface area contributed by atoms with E-state index in [9.17, 15) is 31.1 Å². The summed E-state index contributed by atoms with van der Waals surface area (Å²) in [4.78, 5) is 26.1. The number of carbonyl (C=O) groups is 1. The SMILES string of the molecule is CCOC(=O)N1c2ccc(OC)cc2[C@@H](c2ncc(N3CCNCC3)c(Cc3cc(C(F)(F)F)cc(C(F)(F)F)c3)n2)C[C@@]1(N)CC. The molecule has 0 radical (unpaired) electrons. The van der Waals surface area contributed by atoms with Crippen molar-refractivity contribution >= 4 is 17.5 Å². The van der Waals surface area contributed by atoms with Crippen molar-refractivity contribution < 1.29 is 40.6 Å². The van der Waals surface area contributed by atoms with E-state index in [1.807, 2.05) is 11.8 Å². The number of hydrogen-bond acceptors (Lipinski definition) is 8. The van der Waals surface area contributed by atoms with E-state index in [4.69, 9.17) is 20.2 Å². The zero-order valence-corrected chi connectivity index (χ0v) is 26.1. The number of hydrogen-bond donors (Lipinski definition) is 2. The van der Waals surface area contributed by atoms with Crippen molar-refractivity contribution in [2.24, 2.45) is 5.73 Å². The van der Waals surface area contributed by atoms with Gasteiger partial charge in [0.1, 0.15) is 17.2 Å². The molecule has 0 bridgehead atoms. The number of methoxy groups -OCH3 is 1. The molecule has 1 saturated heterocycles. The van der Waals surface area contributed by atoms with Crippen LogP contribution in [0.15, 0.2) is 42.6 Å². The van der Waals surface area contributed by atoms with Crippen LogP contribution in [0.3, 0.4) is 0 Å². The molecule has 3 heterocycles. The van der Waals surface area contributed by atoms with Crippen LogP contribution >= 0.6 is 0 Å². The van der Waals surface area contributed by atoms with Gasteiger partial charge in [0.25, 0.3) is 0 Å². The summed E-state index contributed by atoms with van der Waals surface area (Å²) in [5.74, 6) is 0.127. The standard InChI is InChI=1S/C32H36F6N6O3/c1-4-30(39)17-24(23-16-22(46-3)6-7-26(23)44(30)29(45)47-5-2)28-41-18-27(43-10-8-40-9-11-43)25(42-28)14-19-12-20(31(33,34)35)15-21(13-19)32(36,37)38/h6-7,12-13,15-16,18,24,40H,4-5,8-11,14,17,39H2,1-3H3/t24-,30+/m0/s1. The van der Waals surface area contributed by atoms with Gasteiger partial charge < -0.3 is 25.4 Å². The van der Waals surface area contributed by atoms with Gasteiger partial charge in [0.2, 0.25) is 0 Å². The van der Waals surface area contributed by atoms with Crippen LogP contribution in [-0.2, 0) is 23.5 Å². The van der Waals surface area contributed by atoms with Crippen LogP contribution in [0.2, 0.25) is 0 Å². The Bertz CT molecular complexity index is 1580. The lowest BCUT2D eigenvalue weighted by molar-refractivity contribution is -0.143. The van der Waals surface area contributed by atoms with Crippen LogP contribution < -0.4 is 25.6 Å². The molecule has 2 aliphatic heterocycles. The van der Waals surface area contributed by atoms with Gasteiger partial charge in [0, 0.05) is 38.5 Å². The number of halogens is 6. The normalized spacial score (nSPS) is 20.2. The number of ether oxygens (including phenoxy) is 2. The number of benzene rings is 2. The summed E-state index contributed by atoms with van der Waals surface area (Å²) in [6.07, 6.45) is -8.91. The molecule has 1 aromatic heterocycles. The van der Waals surface area contributed by atoms with Crippen molar-refractivity contribution in [1.82, 2.24) is 15.3 Å². The van der Waals surface area contributed by atoms with Crippen molar-refractivity contribution in [2.45, 2.75) is 57.0 Å². The van der Waals surface area contributed by atoms with Crippen molar-refractivity contribution in [1.29, 1.82) is 0 Å². The zero-order valence-electron chi connectivity index (χ0n) is 26.1. The summed E-state index contributed by atoms with van der Waals surface area (Å²) in [6.45, 7) is 5.93. The first-order valence-corrected chi connectivity index (χ1v) is 15.2. The van der Waals surface area contributed by atoms with Gasteiger partial charge in [0.15, 0.2) is 0 Å². The lowest BCUT2D eigenvalue weighted by atomic mass is 9.80. The highest BCUT2D eigenvalue weighted by Gasteiger charge is 2.46. The number of nitrogens with one attached hydrogen (secondary N) is 1. The van der Waals surface area contributed by atoms with E-state index in [0.717, 1.165) is 12.1 Å². The number of amides is 1. The topological polar surface area (TPSA) is 106 Å². The molecule has 0 spiro atoms. The highest BCUT2D eigenvalue weighted by Crippen LogP contribution is 2.47. The first-order chi connectivity index (χ1) is 22.2. The third-order valence-corrected chi connectivity index (χ3v) is 8.57. The van der Waals surface area contributed by atoms with Gasteiger partial charge in [-0.3, -0.25) is 4.90 Å². The summed E-state index contributed by atoms with van der Waals surface area (Å²) < 4.78 is 93.2. The molecular formula is C32H36F6N6O3. The third kappa shape index (κ3) is 7.10. The first kappa shape index (κ1) is 34.2. The molecule has 47 heavy (non-hydrogen) atoms. The average molecular weight is 667 g/mol. The number of fused-ring (bicyclic) bond motifs is 1. The van der Waals surface area contributed by atoms with Crippen molar-refractivity contribution in [2.75, 3.05) is 49.7 Å². The fraction of sp³-hybridized carbons (Fsp3) is 0.469. The fourth-order valence-electron chi connectivity index (χ4n) is 6.15. The number of alkyl halides is 6. The Kier molecular flexibility index (Phi) is 9.60. The van der Waals surface area contributed by atoms with E-state index in [2.05, 4.69) is 10.3 Å². The first-order valence-electron chi connectivity index (χ1n) is 15.2. The smallest absolute Gasteiger partial charge is 0.416 e. The molecule has 5 rings (SSSR count). The van der Waals surface area contributed by atoms with E-state index in [1.165, 1.54) is 12.0 Å². The van der Waals surface area contributed by atoms with Crippen LogP contribution in [0.4, 0.5) is 42.5 Å². The fourth-order valence-corrected chi connectivity index (χ4v) is 6.15. The Morgan fingerprint density at radius 2 is 1.68 bits per heavy atom. The summed E-state index contributed by atoms with van der Waals surface area (Å²) in [5, 5.41) is 3.22. The molecule has 254 valence electrons. The van der Waals surface area contributed by atoms with Gasteiger partial charge in [-0.25, -0.2) is 14.8 Å². The van der Waals surface area contributed by atoms with Gasteiger partial charge in [0.05, 0.1) is 48.1 Å². The molecule has 0 aliphatic carbocycles. The molecule has 3 N–H and O–H groups in total. The van der Waals surface area contributed by atoms with Gasteiger partial charge in [-0.15, -0.1) is 0 Å². The summed E-state index contributed by atoms with van der Waals surface area (Å²) in [5.41, 5.74) is 4.47. The third-order valence-electron chi connectivity index (χ3n) is 8.57. The molecular weight excluding hydrogens is 630 g/mol. The van der Waals surface area contributed by atoms with Gasteiger partial charge in [-0.1, -0.05) is 6.92 Å². The maximum atomic E-state index is 13.7. The Balaban J connectivity index is 1.67. The summed E-state index contributed by atoms with van der Waals surface area (Å²) in [7, 11) is 1.49. The molecule has 2 atom stereocenters. The number of aromatic nitrogens is 2. The average Bonchev–Trinajstić information content (AvgIpc) is 3.03. The van der Waals surface area contributed by atoms with Crippen molar-refractivity contribution in [3.63, 3.8) is 0 Å². The largest absolute Gasteiger partial charge is 0.497 e. The van der Waals surface area contributed by atoms with Crippen LogP contribution in [-0.4, -0.2) is 61.6 Å². The number of piperazine rings is 1. The quantitative estimate of drug-likeness (QED) is 0.292. The lowest BCUT2D eigenvalue weighted by Crippen LogP contribution is -2.61. The van der Waals surface area contributed by atoms with E-state index in [0.29, 0.717) is 55.3 Å². The Hall–Kier alpha value is -4.11. The van der Waals surface area contributed by atoms with E-state index < -0.39 is 41.2 Å². The van der Waals surface area contributed by atoms with E-state index >= 15 is 0 Å². The molecule has 1 amide bonds. The second-order valence-electron chi connectivity index (χ2n) is 11.6. The molecule has 9 nitrogen and oxygen atoms in total. The minimum atomic E-state index is -4.99. The second-order valence-corrected chi connectivity index (χ2v) is 11.6. The van der Waals surface area contributed by atoms with Gasteiger partial charge in [-0.2, -0.15) is 26.3 Å². The van der Waals surface area contributed by atoms with E-state index in [-0.39, 0.29) is 42.6 Å². The maximum Gasteiger partial charge on any atom is 0.416 e. The molecule has 0 unspecified atom stereocenters. The number of carbonyl (C=O) groups excluding carboxylic acids is 1. The number of anilines is 2. The highest BCUT2D eigenvalue weighted by atomic mass is 19.4. The molecule has 2 aromatic carbocycles. The monoisotopic (exact) mass is 666 g/mol. The van der Waals surface area contributed by atoms with Crippen LogP contribution in [0.5, 0.6) is 5.75 Å². The number of nitrogens with zero attached hydrogens (tertiary/aromatic N) is 4. The van der Waals surface area contributed by atoms with Crippen molar-refractivity contribution in [3.8, 4) is 5.75 Å². The minimum absolute atomic E-state index is 0.110. The zero-order chi connectivity index (χ0) is 34.1. The molecule has 2 aliphatic rings. The minimum Gasteiger partial charge on any atom is -0.497 e. The number of rotatable bonds is 7. The molecule has 3 aromatic rings. The van der Waals surface area contributed by atoms with Gasteiger partial charge >= 0.3 is 18.4 Å². The van der Waals surface area contributed by atoms with Crippen LogP contribution in [0.25, 0.3) is 0 Å². The Labute approximate surface area is 268 Å². The van der Waals surface area contributed by atoms with Crippen molar-refractivity contribution in [3.05, 3.63) is 76.4 Å². The maximum absolute atomic E-state index is 13.7. The molecule has 1 fully saturated rings. The highest BCUT2D eigenvalue weighted by molar-refractivity contribution is 5.91. The molecule has 0 saturated carbocycles. The number of nitrogens with two attached hydrogens (primary N) is 1. The van der Waals surface area contributed by atoms with Crippen LogP contribution in [0, 0.1) is 0 Å². The Morgan fingerprint density at radius 1 is 1.02 bits per heavy atom. The van der Waals surface area contributed by atoms with Gasteiger partial charge in [-0.05, 0) is 67.3 Å². The van der Waals surface area contributed by atoms with Crippen LogP contribution in [0.1, 0.15) is 66.4 Å². The van der Waals surface area contributed by atoms with E-state index in [1.54, 1.807) is 31.3 Å². The molecule has 15 heteroatoms.